The smallest absolute Gasteiger partial charge is 0.315 e. The van der Waals surface area contributed by atoms with Crippen LogP contribution in [0.2, 0.25) is 0 Å². The molecular formula is C11H14N4O. The maximum atomic E-state index is 11.2. The van der Waals surface area contributed by atoms with Gasteiger partial charge in [-0.2, -0.15) is 0 Å². The van der Waals surface area contributed by atoms with E-state index in [1.54, 1.807) is 0 Å². The highest BCUT2D eigenvalue weighted by molar-refractivity contribution is 5.75. The van der Waals surface area contributed by atoms with E-state index in [1.807, 2.05) is 31.2 Å². The van der Waals surface area contributed by atoms with Gasteiger partial charge in [-0.1, -0.05) is 12.1 Å². The van der Waals surface area contributed by atoms with Gasteiger partial charge >= 0.3 is 6.03 Å². The summed E-state index contributed by atoms with van der Waals surface area (Å²) in [7, 11) is 0. The largest absolute Gasteiger partial charge is 0.340 e. The molecule has 84 valence electrons. The maximum Gasteiger partial charge on any atom is 0.315 e. The molecule has 0 aliphatic rings. The lowest BCUT2D eigenvalue weighted by atomic mass is 10.3. The summed E-state index contributed by atoms with van der Waals surface area (Å²) in [6.07, 6.45) is 0. The molecule has 1 heterocycles. The molecule has 3 N–H and O–H groups in total. The number of imidazole rings is 1. The number of aromatic nitrogens is 2. The molecule has 2 rings (SSSR count). The highest BCUT2D eigenvalue weighted by Gasteiger charge is 2.03. The number of carbonyl (C=O) groups is 1. The van der Waals surface area contributed by atoms with Crippen molar-refractivity contribution in [2.24, 2.45) is 0 Å². The lowest BCUT2D eigenvalue weighted by molar-refractivity contribution is 0.241. The van der Waals surface area contributed by atoms with E-state index < -0.39 is 0 Å². The molecule has 0 bridgehead atoms. The van der Waals surface area contributed by atoms with Gasteiger partial charge in [0.1, 0.15) is 5.82 Å². The lowest BCUT2D eigenvalue weighted by Gasteiger charge is -2.02. The predicted octanol–water partition coefficient (Wildman–Crippen LogP) is 1.38. The molecule has 1 aromatic heterocycles. The molecule has 2 amide bonds. The molecule has 0 atom stereocenters. The Morgan fingerprint density at radius 1 is 1.38 bits per heavy atom. The third-order valence-electron chi connectivity index (χ3n) is 2.19. The molecule has 0 saturated heterocycles. The molecule has 16 heavy (non-hydrogen) atoms. The van der Waals surface area contributed by atoms with Crippen LogP contribution in [0.4, 0.5) is 4.79 Å². The molecule has 0 saturated carbocycles. The molecule has 0 fully saturated rings. The van der Waals surface area contributed by atoms with Gasteiger partial charge in [-0.05, 0) is 19.1 Å². The summed E-state index contributed by atoms with van der Waals surface area (Å²) in [5, 5.41) is 5.37. The Bertz CT molecular complexity index is 458. The van der Waals surface area contributed by atoms with Gasteiger partial charge in [0.25, 0.3) is 0 Å². The number of hydrogen-bond donors (Lipinski definition) is 3. The SMILES string of the molecule is CCNC(=O)NCc1nc2ccccc2[nH]1. The zero-order chi connectivity index (χ0) is 11.4. The van der Waals surface area contributed by atoms with Crippen molar-refractivity contribution in [2.75, 3.05) is 6.54 Å². The molecule has 1 aromatic carbocycles. The molecule has 0 spiro atoms. The second kappa shape index (κ2) is 4.65. The van der Waals surface area contributed by atoms with E-state index in [-0.39, 0.29) is 6.03 Å². The van der Waals surface area contributed by atoms with Crippen LogP contribution in [0.15, 0.2) is 24.3 Å². The van der Waals surface area contributed by atoms with Crippen molar-refractivity contribution >= 4 is 17.1 Å². The third-order valence-corrected chi connectivity index (χ3v) is 2.19. The Balaban J connectivity index is 2.02. The van der Waals surface area contributed by atoms with Gasteiger partial charge in [-0.15, -0.1) is 0 Å². The van der Waals surface area contributed by atoms with Gasteiger partial charge in [0, 0.05) is 6.54 Å². The molecular weight excluding hydrogens is 204 g/mol. The van der Waals surface area contributed by atoms with Crippen LogP contribution < -0.4 is 10.6 Å². The Hall–Kier alpha value is -2.04. The second-order valence-corrected chi connectivity index (χ2v) is 3.41. The number of urea groups is 1. The van der Waals surface area contributed by atoms with Crippen molar-refractivity contribution in [3.63, 3.8) is 0 Å². The van der Waals surface area contributed by atoms with E-state index in [9.17, 15) is 4.79 Å². The van der Waals surface area contributed by atoms with Gasteiger partial charge in [0.05, 0.1) is 17.6 Å². The molecule has 0 radical (unpaired) electrons. The van der Waals surface area contributed by atoms with Gasteiger partial charge in [0.15, 0.2) is 0 Å². The van der Waals surface area contributed by atoms with Crippen LogP contribution in [0, 0.1) is 0 Å². The summed E-state index contributed by atoms with van der Waals surface area (Å²) < 4.78 is 0. The summed E-state index contributed by atoms with van der Waals surface area (Å²) >= 11 is 0. The van der Waals surface area contributed by atoms with Crippen LogP contribution in [0.5, 0.6) is 0 Å². The van der Waals surface area contributed by atoms with Crippen LogP contribution >= 0.6 is 0 Å². The predicted molar refractivity (Wildman–Crippen MR) is 62.0 cm³/mol. The third kappa shape index (κ3) is 2.31. The number of nitrogens with zero attached hydrogens (tertiary/aromatic N) is 1. The van der Waals surface area contributed by atoms with Crippen molar-refractivity contribution in [3.8, 4) is 0 Å². The van der Waals surface area contributed by atoms with Crippen molar-refractivity contribution in [1.82, 2.24) is 20.6 Å². The number of benzene rings is 1. The van der Waals surface area contributed by atoms with Gasteiger partial charge < -0.3 is 15.6 Å². The van der Waals surface area contributed by atoms with Crippen molar-refractivity contribution in [3.05, 3.63) is 30.1 Å². The molecule has 5 nitrogen and oxygen atoms in total. The Morgan fingerprint density at radius 2 is 2.19 bits per heavy atom. The minimum atomic E-state index is -0.178. The van der Waals surface area contributed by atoms with Gasteiger partial charge in [-0.3, -0.25) is 0 Å². The van der Waals surface area contributed by atoms with Gasteiger partial charge in [-0.25, -0.2) is 9.78 Å². The zero-order valence-electron chi connectivity index (χ0n) is 9.08. The van der Waals surface area contributed by atoms with Crippen LogP contribution in [0.3, 0.4) is 0 Å². The van der Waals surface area contributed by atoms with Crippen molar-refractivity contribution in [1.29, 1.82) is 0 Å². The number of fused-ring (bicyclic) bond motifs is 1. The fourth-order valence-corrected chi connectivity index (χ4v) is 1.48. The summed E-state index contributed by atoms with van der Waals surface area (Å²) in [5.41, 5.74) is 1.89. The fourth-order valence-electron chi connectivity index (χ4n) is 1.48. The molecule has 5 heteroatoms. The van der Waals surface area contributed by atoms with E-state index in [0.717, 1.165) is 16.9 Å². The Morgan fingerprint density at radius 3 is 2.94 bits per heavy atom. The minimum absolute atomic E-state index is 0.178. The highest BCUT2D eigenvalue weighted by Crippen LogP contribution is 2.09. The first-order valence-electron chi connectivity index (χ1n) is 5.25. The van der Waals surface area contributed by atoms with Crippen LogP contribution in [0.25, 0.3) is 11.0 Å². The number of nitrogens with one attached hydrogen (secondary N) is 3. The first-order chi connectivity index (χ1) is 7.79. The van der Waals surface area contributed by atoms with Crippen molar-refractivity contribution < 1.29 is 4.79 Å². The number of para-hydroxylation sites is 2. The van der Waals surface area contributed by atoms with E-state index in [4.69, 9.17) is 0 Å². The summed E-state index contributed by atoms with van der Waals surface area (Å²) in [4.78, 5) is 18.7. The number of H-pyrrole nitrogens is 1. The zero-order valence-corrected chi connectivity index (χ0v) is 9.08. The molecule has 0 aliphatic carbocycles. The number of rotatable bonds is 3. The van der Waals surface area contributed by atoms with E-state index >= 15 is 0 Å². The second-order valence-electron chi connectivity index (χ2n) is 3.41. The Kier molecular flexibility index (Phi) is 3.05. The minimum Gasteiger partial charge on any atom is -0.340 e. The number of hydrogen-bond acceptors (Lipinski definition) is 2. The normalized spacial score (nSPS) is 10.3. The average molecular weight is 218 g/mol. The fraction of sp³-hybridized carbons (Fsp3) is 0.273. The summed E-state index contributed by atoms with van der Waals surface area (Å²) in [6.45, 7) is 2.90. The van der Waals surface area contributed by atoms with Crippen LogP contribution in [0.1, 0.15) is 12.7 Å². The first kappa shape index (κ1) is 10.5. The lowest BCUT2D eigenvalue weighted by Crippen LogP contribution is -2.34. The topological polar surface area (TPSA) is 69.8 Å². The maximum absolute atomic E-state index is 11.2. The van der Waals surface area contributed by atoms with Crippen LogP contribution in [-0.4, -0.2) is 22.5 Å². The summed E-state index contributed by atoms with van der Waals surface area (Å²) in [5.74, 6) is 0.757. The number of amides is 2. The number of carbonyl (C=O) groups excluding carboxylic acids is 1. The molecule has 0 aliphatic heterocycles. The Labute approximate surface area is 93.3 Å². The number of aromatic amines is 1. The van der Waals surface area contributed by atoms with E-state index in [1.165, 1.54) is 0 Å². The standard InChI is InChI=1S/C11H14N4O/c1-2-12-11(16)13-7-10-14-8-5-3-4-6-9(8)15-10/h3-6H,2,7H2,1H3,(H,14,15)(H2,12,13,16). The van der Waals surface area contributed by atoms with Crippen molar-refractivity contribution in [2.45, 2.75) is 13.5 Å². The molecule has 2 aromatic rings. The average Bonchev–Trinajstić information content (AvgIpc) is 2.69. The van der Waals surface area contributed by atoms with Crippen LogP contribution in [-0.2, 0) is 6.54 Å². The first-order valence-corrected chi connectivity index (χ1v) is 5.25. The molecule has 0 unspecified atom stereocenters. The van der Waals surface area contributed by atoms with E-state index in [2.05, 4.69) is 20.6 Å². The monoisotopic (exact) mass is 218 g/mol. The highest BCUT2D eigenvalue weighted by atomic mass is 16.2. The van der Waals surface area contributed by atoms with E-state index in [0.29, 0.717) is 13.1 Å². The quantitative estimate of drug-likeness (QED) is 0.728. The van der Waals surface area contributed by atoms with Gasteiger partial charge in [0.2, 0.25) is 0 Å². The summed E-state index contributed by atoms with van der Waals surface area (Å²) in [6, 6.07) is 7.59.